The van der Waals surface area contributed by atoms with E-state index in [1.807, 2.05) is 48.2 Å². The van der Waals surface area contributed by atoms with E-state index in [-0.39, 0.29) is 12.1 Å². The highest BCUT2D eigenvalue weighted by Gasteiger charge is 2.24. The quantitative estimate of drug-likeness (QED) is 0.902. The minimum atomic E-state index is -0.0317. The van der Waals surface area contributed by atoms with E-state index >= 15 is 0 Å². The second-order valence-corrected chi connectivity index (χ2v) is 6.73. The molecule has 3 rings (SSSR count). The van der Waals surface area contributed by atoms with Gasteiger partial charge in [-0.3, -0.25) is 4.98 Å². The molecule has 0 aliphatic carbocycles. The van der Waals surface area contributed by atoms with Crippen molar-refractivity contribution < 1.29 is 9.53 Å². The van der Waals surface area contributed by atoms with Crippen LogP contribution in [0.5, 0.6) is 5.75 Å². The van der Waals surface area contributed by atoms with Gasteiger partial charge in [0.25, 0.3) is 0 Å². The van der Waals surface area contributed by atoms with E-state index in [2.05, 4.69) is 17.2 Å². The number of carbonyl (C=O) groups excluding carboxylic acids is 1. The monoisotopic (exact) mass is 339 g/mol. The SMILES string of the molecule is C[C@H]1CCN(C(=O)N[C@@H](C)c2ccc(OCc3cccnc3)cc2)C1. The third-order valence-electron chi connectivity index (χ3n) is 4.56. The Hall–Kier alpha value is -2.56. The molecule has 2 atom stereocenters. The summed E-state index contributed by atoms with van der Waals surface area (Å²) in [5, 5.41) is 3.07. The lowest BCUT2D eigenvalue weighted by molar-refractivity contribution is 0.204. The number of hydrogen-bond donors (Lipinski definition) is 1. The summed E-state index contributed by atoms with van der Waals surface area (Å²) in [5.74, 6) is 1.40. The molecule has 0 radical (unpaired) electrons. The van der Waals surface area contributed by atoms with Crippen molar-refractivity contribution in [2.24, 2.45) is 5.92 Å². The third-order valence-corrected chi connectivity index (χ3v) is 4.56. The zero-order chi connectivity index (χ0) is 17.6. The van der Waals surface area contributed by atoms with Crippen LogP contribution < -0.4 is 10.1 Å². The van der Waals surface area contributed by atoms with Crippen molar-refractivity contribution in [2.75, 3.05) is 13.1 Å². The number of aromatic nitrogens is 1. The molecule has 2 aromatic rings. The lowest BCUT2D eigenvalue weighted by atomic mass is 10.1. The van der Waals surface area contributed by atoms with Crippen molar-refractivity contribution in [3.05, 3.63) is 59.9 Å². The van der Waals surface area contributed by atoms with Crippen molar-refractivity contribution in [1.82, 2.24) is 15.2 Å². The van der Waals surface area contributed by atoms with Gasteiger partial charge in [0.05, 0.1) is 6.04 Å². The number of nitrogens with one attached hydrogen (secondary N) is 1. The summed E-state index contributed by atoms with van der Waals surface area (Å²) in [7, 11) is 0. The number of amides is 2. The largest absolute Gasteiger partial charge is 0.489 e. The summed E-state index contributed by atoms with van der Waals surface area (Å²) >= 11 is 0. The van der Waals surface area contributed by atoms with Crippen LogP contribution in [0.2, 0.25) is 0 Å². The molecular formula is C20H25N3O2. The predicted octanol–water partition coefficient (Wildman–Crippen LogP) is 3.77. The maximum Gasteiger partial charge on any atom is 0.317 e. The predicted molar refractivity (Wildman–Crippen MR) is 97.3 cm³/mol. The van der Waals surface area contributed by atoms with Crippen molar-refractivity contribution in [3.8, 4) is 5.75 Å². The van der Waals surface area contributed by atoms with E-state index in [4.69, 9.17) is 4.74 Å². The Balaban J connectivity index is 1.51. The molecule has 2 amide bonds. The molecule has 132 valence electrons. The molecule has 2 heterocycles. The van der Waals surface area contributed by atoms with E-state index < -0.39 is 0 Å². The highest BCUT2D eigenvalue weighted by atomic mass is 16.5. The number of hydrogen-bond acceptors (Lipinski definition) is 3. The summed E-state index contributed by atoms with van der Waals surface area (Å²) in [6.45, 7) is 6.37. The summed E-state index contributed by atoms with van der Waals surface area (Å²) in [6, 6.07) is 11.7. The Morgan fingerprint density at radius 1 is 1.36 bits per heavy atom. The normalized spacial score (nSPS) is 18.0. The van der Waals surface area contributed by atoms with Crippen LogP contribution in [0, 0.1) is 5.92 Å². The Morgan fingerprint density at radius 3 is 2.80 bits per heavy atom. The van der Waals surface area contributed by atoms with Crippen molar-refractivity contribution in [3.63, 3.8) is 0 Å². The van der Waals surface area contributed by atoms with Gasteiger partial charge in [0.1, 0.15) is 12.4 Å². The van der Waals surface area contributed by atoms with Gasteiger partial charge >= 0.3 is 6.03 Å². The highest BCUT2D eigenvalue weighted by molar-refractivity contribution is 5.75. The minimum Gasteiger partial charge on any atom is -0.489 e. The van der Waals surface area contributed by atoms with E-state index in [1.54, 1.807) is 12.4 Å². The van der Waals surface area contributed by atoms with Crippen molar-refractivity contribution in [1.29, 1.82) is 0 Å². The van der Waals surface area contributed by atoms with Gasteiger partial charge in [-0.05, 0) is 43.0 Å². The zero-order valence-corrected chi connectivity index (χ0v) is 14.8. The maximum atomic E-state index is 12.3. The molecule has 1 aliphatic rings. The van der Waals surface area contributed by atoms with Crippen LogP contribution in [0.15, 0.2) is 48.8 Å². The Labute approximate surface area is 149 Å². The second kappa shape index (κ2) is 8.01. The third kappa shape index (κ3) is 4.72. The first kappa shape index (κ1) is 17.3. The molecule has 1 N–H and O–H groups in total. The molecule has 5 heteroatoms. The van der Waals surface area contributed by atoms with Gasteiger partial charge in [0.15, 0.2) is 0 Å². The molecule has 0 unspecified atom stereocenters. The first-order valence-electron chi connectivity index (χ1n) is 8.79. The van der Waals surface area contributed by atoms with Gasteiger partial charge in [-0.25, -0.2) is 4.79 Å². The average Bonchev–Trinajstić information content (AvgIpc) is 3.08. The highest BCUT2D eigenvalue weighted by Crippen LogP contribution is 2.20. The first-order valence-corrected chi connectivity index (χ1v) is 8.79. The molecule has 0 saturated carbocycles. The number of urea groups is 1. The summed E-state index contributed by atoms with van der Waals surface area (Å²) < 4.78 is 5.77. The van der Waals surface area contributed by atoms with Gasteiger partial charge in [0.2, 0.25) is 0 Å². The Kier molecular flexibility index (Phi) is 5.53. The fourth-order valence-corrected chi connectivity index (χ4v) is 2.98. The molecule has 1 saturated heterocycles. The molecule has 5 nitrogen and oxygen atoms in total. The van der Waals surface area contributed by atoms with Gasteiger partial charge in [-0.2, -0.15) is 0 Å². The number of ether oxygens (including phenoxy) is 1. The summed E-state index contributed by atoms with van der Waals surface area (Å²) in [5.41, 5.74) is 2.10. The van der Waals surface area contributed by atoms with Gasteiger partial charge in [-0.15, -0.1) is 0 Å². The number of nitrogens with zero attached hydrogens (tertiary/aromatic N) is 2. The molecule has 0 spiro atoms. The van der Waals surface area contributed by atoms with Crippen LogP contribution in [0.4, 0.5) is 4.79 Å². The number of benzene rings is 1. The lowest BCUT2D eigenvalue weighted by Crippen LogP contribution is -2.39. The smallest absolute Gasteiger partial charge is 0.317 e. The fourth-order valence-electron chi connectivity index (χ4n) is 2.98. The number of rotatable bonds is 5. The standard InChI is InChI=1S/C20H25N3O2/c1-15-9-11-23(13-15)20(24)22-16(2)18-5-7-19(8-6-18)25-14-17-4-3-10-21-12-17/h3-8,10,12,15-16H,9,11,13-14H2,1-2H3,(H,22,24)/t15-,16-/m0/s1. The fraction of sp³-hybridized carbons (Fsp3) is 0.400. The molecule has 25 heavy (non-hydrogen) atoms. The lowest BCUT2D eigenvalue weighted by Gasteiger charge is -2.21. The molecule has 1 fully saturated rings. The van der Waals surface area contributed by atoms with Crippen LogP contribution in [-0.2, 0) is 6.61 Å². The van der Waals surface area contributed by atoms with Crippen LogP contribution in [0.1, 0.15) is 37.4 Å². The molecule has 0 bridgehead atoms. The van der Waals surface area contributed by atoms with Crippen LogP contribution >= 0.6 is 0 Å². The van der Waals surface area contributed by atoms with Gasteiger partial charge < -0.3 is 15.0 Å². The van der Waals surface area contributed by atoms with Crippen molar-refractivity contribution >= 4 is 6.03 Å². The maximum absolute atomic E-state index is 12.3. The topological polar surface area (TPSA) is 54.5 Å². The van der Waals surface area contributed by atoms with Crippen molar-refractivity contribution in [2.45, 2.75) is 32.9 Å². The number of carbonyl (C=O) groups is 1. The number of pyridine rings is 1. The average molecular weight is 339 g/mol. The summed E-state index contributed by atoms with van der Waals surface area (Å²) in [4.78, 5) is 18.3. The Bertz CT molecular complexity index is 688. The van der Waals surface area contributed by atoms with E-state index in [9.17, 15) is 4.79 Å². The first-order chi connectivity index (χ1) is 12.1. The molecular weight excluding hydrogens is 314 g/mol. The zero-order valence-electron chi connectivity index (χ0n) is 14.8. The molecule has 1 aromatic heterocycles. The van der Waals surface area contributed by atoms with E-state index in [0.29, 0.717) is 12.5 Å². The molecule has 1 aliphatic heterocycles. The summed E-state index contributed by atoms with van der Waals surface area (Å²) in [6.07, 6.45) is 4.63. The number of likely N-dealkylation sites (tertiary alicyclic amines) is 1. The van der Waals surface area contributed by atoms with E-state index in [0.717, 1.165) is 36.4 Å². The van der Waals surface area contributed by atoms with Crippen LogP contribution in [-0.4, -0.2) is 29.0 Å². The Morgan fingerprint density at radius 2 is 2.16 bits per heavy atom. The second-order valence-electron chi connectivity index (χ2n) is 6.73. The molecule has 1 aromatic carbocycles. The van der Waals surface area contributed by atoms with E-state index in [1.165, 1.54) is 0 Å². The van der Waals surface area contributed by atoms with Crippen LogP contribution in [0.25, 0.3) is 0 Å². The van der Waals surface area contributed by atoms with Crippen LogP contribution in [0.3, 0.4) is 0 Å². The van der Waals surface area contributed by atoms with Gasteiger partial charge in [0, 0.05) is 31.0 Å². The van der Waals surface area contributed by atoms with Gasteiger partial charge in [-0.1, -0.05) is 25.1 Å². The minimum absolute atomic E-state index is 0.0220.